The molecule has 122 valence electrons. The summed E-state index contributed by atoms with van der Waals surface area (Å²) in [5, 5.41) is 6.55. The van der Waals surface area contributed by atoms with Gasteiger partial charge in [0, 0.05) is 12.6 Å². The SMILES string of the molecule is COc1ccc(OC)c(NC(=S)NCc2ccc(F)c(Cl)c2)c1. The second-order valence-corrected chi connectivity index (χ2v) is 5.44. The van der Waals surface area contributed by atoms with Crippen LogP contribution in [0.1, 0.15) is 5.56 Å². The number of halogens is 2. The monoisotopic (exact) mass is 354 g/mol. The van der Waals surface area contributed by atoms with Crippen molar-refractivity contribution in [1.29, 1.82) is 0 Å². The largest absolute Gasteiger partial charge is 0.497 e. The second kappa shape index (κ2) is 7.99. The first-order valence-electron chi connectivity index (χ1n) is 6.74. The molecule has 0 bridgehead atoms. The molecule has 0 unspecified atom stereocenters. The molecule has 0 saturated heterocycles. The van der Waals surface area contributed by atoms with Crippen LogP contribution in [0.15, 0.2) is 36.4 Å². The molecular formula is C16H16ClFN2O2S. The zero-order chi connectivity index (χ0) is 16.8. The minimum atomic E-state index is -0.447. The van der Waals surface area contributed by atoms with Crippen LogP contribution in [-0.2, 0) is 6.54 Å². The summed E-state index contributed by atoms with van der Waals surface area (Å²) in [5.74, 6) is 0.874. The molecule has 0 atom stereocenters. The van der Waals surface area contributed by atoms with E-state index in [9.17, 15) is 4.39 Å². The molecule has 2 aromatic rings. The molecule has 2 N–H and O–H groups in total. The Hall–Kier alpha value is -2.05. The van der Waals surface area contributed by atoms with Crippen LogP contribution in [-0.4, -0.2) is 19.3 Å². The van der Waals surface area contributed by atoms with Gasteiger partial charge in [0.2, 0.25) is 0 Å². The number of thiocarbonyl (C=S) groups is 1. The van der Waals surface area contributed by atoms with Crippen molar-refractivity contribution in [2.24, 2.45) is 0 Å². The molecule has 2 aromatic carbocycles. The van der Waals surface area contributed by atoms with Gasteiger partial charge < -0.3 is 20.1 Å². The predicted molar refractivity (Wildman–Crippen MR) is 94.0 cm³/mol. The highest BCUT2D eigenvalue weighted by Crippen LogP contribution is 2.28. The van der Waals surface area contributed by atoms with Gasteiger partial charge in [0.05, 0.1) is 24.9 Å². The average Bonchev–Trinajstić information content (AvgIpc) is 2.55. The zero-order valence-electron chi connectivity index (χ0n) is 12.7. The third kappa shape index (κ3) is 4.71. The lowest BCUT2D eigenvalue weighted by Gasteiger charge is -2.14. The standard InChI is InChI=1S/C16H16ClFN2O2S/c1-21-11-4-6-15(22-2)14(8-11)20-16(23)19-9-10-3-5-13(18)12(17)7-10/h3-8H,9H2,1-2H3,(H2,19,20,23). The third-order valence-corrected chi connectivity index (χ3v) is 3.63. The molecule has 4 nitrogen and oxygen atoms in total. The van der Waals surface area contributed by atoms with Crippen molar-refractivity contribution < 1.29 is 13.9 Å². The fourth-order valence-corrected chi connectivity index (χ4v) is 2.30. The van der Waals surface area contributed by atoms with Gasteiger partial charge in [-0.15, -0.1) is 0 Å². The molecule has 0 aliphatic heterocycles. The number of hydrogen-bond donors (Lipinski definition) is 2. The summed E-state index contributed by atoms with van der Waals surface area (Å²) in [6.45, 7) is 0.415. The van der Waals surface area contributed by atoms with Crippen LogP contribution < -0.4 is 20.1 Å². The van der Waals surface area contributed by atoms with Crippen LogP contribution in [0.5, 0.6) is 11.5 Å². The summed E-state index contributed by atoms with van der Waals surface area (Å²) in [6, 6.07) is 9.87. The first-order chi connectivity index (χ1) is 11.0. The molecule has 0 fully saturated rings. The molecule has 0 aliphatic rings. The van der Waals surface area contributed by atoms with E-state index in [1.807, 2.05) is 0 Å². The predicted octanol–water partition coefficient (Wildman–Crippen LogP) is 3.98. The number of methoxy groups -OCH3 is 2. The summed E-state index contributed by atoms with van der Waals surface area (Å²) >= 11 is 11.0. The first kappa shape index (κ1) is 17.3. The quantitative estimate of drug-likeness (QED) is 0.795. The van der Waals surface area contributed by atoms with E-state index in [1.165, 1.54) is 6.07 Å². The maximum Gasteiger partial charge on any atom is 0.171 e. The Kier molecular flexibility index (Phi) is 6.01. The van der Waals surface area contributed by atoms with E-state index in [2.05, 4.69) is 10.6 Å². The molecule has 0 aromatic heterocycles. The molecule has 0 saturated carbocycles. The fraction of sp³-hybridized carbons (Fsp3) is 0.188. The summed E-state index contributed by atoms with van der Waals surface area (Å²) in [7, 11) is 3.16. The lowest BCUT2D eigenvalue weighted by atomic mass is 10.2. The Morgan fingerprint density at radius 1 is 1.17 bits per heavy atom. The average molecular weight is 355 g/mol. The van der Waals surface area contributed by atoms with Crippen molar-refractivity contribution in [1.82, 2.24) is 5.32 Å². The Bertz CT molecular complexity index is 712. The van der Waals surface area contributed by atoms with Crippen LogP contribution >= 0.6 is 23.8 Å². The van der Waals surface area contributed by atoms with E-state index in [-0.39, 0.29) is 5.02 Å². The summed E-state index contributed by atoms with van der Waals surface area (Å²) < 4.78 is 23.6. The van der Waals surface area contributed by atoms with Gasteiger partial charge in [-0.3, -0.25) is 0 Å². The van der Waals surface area contributed by atoms with Crippen LogP contribution in [0.3, 0.4) is 0 Å². The lowest BCUT2D eigenvalue weighted by molar-refractivity contribution is 0.405. The van der Waals surface area contributed by atoms with E-state index >= 15 is 0 Å². The van der Waals surface area contributed by atoms with Gasteiger partial charge in [-0.25, -0.2) is 4.39 Å². The van der Waals surface area contributed by atoms with Gasteiger partial charge in [0.15, 0.2) is 5.11 Å². The van der Waals surface area contributed by atoms with Gasteiger partial charge in [-0.1, -0.05) is 17.7 Å². The minimum Gasteiger partial charge on any atom is -0.497 e. The maximum atomic E-state index is 13.1. The van der Waals surface area contributed by atoms with Crippen molar-refractivity contribution in [3.8, 4) is 11.5 Å². The number of rotatable bonds is 5. The molecular weight excluding hydrogens is 339 g/mol. The third-order valence-electron chi connectivity index (χ3n) is 3.09. The van der Waals surface area contributed by atoms with E-state index in [0.29, 0.717) is 28.8 Å². The second-order valence-electron chi connectivity index (χ2n) is 4.62. The number of hydrogen-bond acceptors (Lipinski definition) is 3. The summed E-state index contributed by atoms with van der Waals surface area (Å²) in [4.78, 5) is 0. The number of nitrogens with one attached hydrogen (secondary N) is 2. The normalized spacial score (nSPS) is 10.1. The molecule has 23 heavy (non-hydrogen) atoms. The highest BCUT2D eigenvalue weighted by atomic mass is 35.5. The highest BCUT2D eigenvalue weighted by Gasteiger charge is 2.07. The number of anilines is 1. The van der Waals surface area contributed by atoms with Gasteiger partial charge in [-0.2, -0.15) is 0 Å². The van der Waals surface area contributed by atoms with Crippen LogP contribution in [0, 0.1) is 5.82 Å². The van der Waals surface area contributed by atoms with Crippen LogP contribution in [0.2, 0.25) is 5.02 Å². The van der Waals surface area contributed by atoms with Crippen molar-refractivity contribution in [2.75, 3.05) is 19.5 Å². The van der Waals surface area contributed by atoms with E-state index in [1.54, 1.807) is 44.6 Å². The van der Waals surface area contributed by atoms with E-state index in [4.69, 9.17) is 33.3 Å². The number of ether oxygens (including phenoxy) is 2. The molecule has 0 radical (unpaired) electrons. The van der Waals surface area contributed by atoms with Gasteiger partial charge in [0.25, 0.3) is 0 Å². The topological polar surface area (TPSA) is 42.5 Å². The Morgan fingerprint density at radius 3 is 2.61 bits per heavy atom. The van der Waals surface area contributed by atoms with Crippen molar-refractivity contribution >= 4 is 34.6 Å². The highest BCUT2D eigenvalue weighted by molar-refractivity contribution is 7.80. The zero-order valence-corrected chi connectivity index (χ0v) is 14.2. The van der Waals surface area contributed by atoms with Crippen LogP contribution in [0.4, 0.5) is 10.1 Å². The van der Waals surface area contributed by atoms with E-state index < -0.39 is 5.82 Å². The smallest absolute Gasteiger partial charge is 0.171 e. The fourth-order valence-electron chi connectivity index (χ4n) is 1.91. The van der Waals surface area contributed by atoms with Gasteiger partial charge in [-0.05, 0) is 42.0 Å². The Labute approximate surface area is 144 Å². The van der Waals surface area contributed by atoms with E-state index in [0.717, 1.165) is 5.56 Å². The van der Waals surface area contributed by atoms with Crippen molar-refractivity contribution in [3.05, 3.63) is 52.8 Å². The van der Waals surface area contributed by atoms with Gasteiger partial charge in [0.1, 0.15) is 17.3 Å². The molecule has 0 amide bonds. The van der Waals surface area contributed by atoms with Crippen molar-refractivity contribution in [2.45, 2.75) is 6.54 Å². The first-order valence-corrected chi connectivity index (χ1v) is 7.53. The van der Waals surface area contributed by atoms with Gasteiger partial charge >= 0.3 is 0 Å². The summed E-state index contributed by atoms with van der Waals surface area (Å²) in [6.07, 6.45) is 0. The molecule has 0 aliphatic carbocycles. The summed E-state index contributed by atoms with van der Waals surface area (Å²) in [5.41, 5.74) is 1.50. The molecule has 2 rings (SSSR count). The molecule has 0 heterocycles. The van der Waals surface area contributed by atoms with Crippen molar-refractivity contribution in [3.63, 3.8) is 0 Å². The maximum absolute atomic E-state index is 13.1. The Balaban J connectivity index is 2.00. The molecule has 0 spiro atoms. The lowest BCUT2D eigenvalue weighted by Crippen LogP contribution is -2.28. The minimum absolute atomic E-state index is 0.0812. The molecule has 7 heteroatoms. The Morgan fingerprint density at radius 2 is 1.96 bits per heavy atom. The van der Waals surface area contributed by atoms with Crippen LogP contribution in [0.25, 0.3) is 0 Å². The number of benzene rings is 2.